The summed E-state index contributed by atoms with van der Waals surface area (Å²) in [4.78, 5) is 18.1. The molecule has 0 radical (unpaired) electrons. The minimum atomic E-state index is 0.664. The van der Waals surface area contributed by atoms with E-state index in [0.717, 1.165) is 50.3 Å². The van der Waals surface area contributed by atoms with Crippen LogP contribution in [0.1, 0.15) is 85.5 Å². The zero-order valence-corrected chi connectivity index (χ0v) is 24.4. The second kappa shape index (κ2) is 14.4. The molecule has 0 amide bonds. The van der Waals surface area contributed by atoms with Crippen LogP contribution in [0, 0.1) is 0 Å². The van der Waals surface area contributed by atoms with E-state index in [1.165, 1.54) is 44.8 Å². The third-order valence-electron chi connectivity index (χ3n) is 6.83. The first-order valence-electron chi connectivity index (χ1n) is 13.4. The largest absolute Gasteiger partial charge is 0.385 e. The van der Waals surface area contributed by atoms with Gasteiger partial charge in [-0.3, -0.25) is 4.79 Å². The van der Waals surface area contributed by atoms with Gasteiger partial charge in [0.05, 0.1) is 0 Å². The SMILES string of the molecule is C/C=C(\C(C)=C(\NCCC)C(C)=C(C)C)N1CC/C(=C/N=C(C)Nc2ccc(C=O)cc2)C(=C(C)C)C1. The predicted molar refractivity (Wildman–Crippen MR) is 160 cm³/mol. The van der Waals surface area contributed by atoms with E-state index < -0.39 is 0 Å². The Labute approximate surface area is 224 Å². The van der Waals surface area contributed by atoms with Gasteiger partial charge in [-0.25, -0.2) is 4.99 Å². The van der Waals surface area contributed by atoms with Crippen LogP contribution in [0.5, 0.6) is 0 Å². The number of hydrogen-bond donors (Lipinski definition) is 2. The van der Waals surface area contributed by atoms with E-state index in [1.54, 1.807) is 12.1 Å². The highest BCUT2D eigenvalue weighted by Gasteiger charge is 2.23. The average molecular weight is 503 g/mol. The lowest BCUT2D eigenvalue weighted by Crippen LogP contribution is -2.33. The Morgan fingerprint density at radius 2 is 1.70 bits per heavy atom. The molecule has 0 spiro atoms. The first-order valence-corrected chi connectivity index (χ1v) is 13.4. The maximum atomic E-state index is 10.9. The number of likely N-dealkylation sites (tertiary alicyclic amines) is 1. The summed E-state index contributed by atoms with van der Waals surface area (Å²) in [6.45, 7) is 22.3. The summed E-state index contributed by atoms with van der Waals surface area (Å²) in [6, 6.07) is 7.39. The third-order valence-corrected chi connectivity index (χ3v) is 6.83. The van der Waals surface area contributed by atoms with Crippen LogP contribution in [0.3, 0.4) is 0 Å². The van der Waals surface area contributed by atoms with Gasteiger partial charge in [0.15, 0.2) is 0 Å². The monoisotopic (exact) mass is 502 g/mol. The van der Waals surface area contributed by atoms with Crippen molar-refractivity contribution >= 4 is 17.8 Å². The number of carbonyl (C=O) groups is 1. The lowest BCUT2D eigenvalue weighted by molar-refractivity contribution is 0.112. The highest BCUT2D eigenvalue weighted by Crippen LogP contribution is 2.31. The van der Waals surface area contributed by atoms with Crippen LogP contribution in [0.25, 0.3) is 0 Å². The average Bonchev–Trinajstić information content (AvgIpc) is 2.88. The smallest absolute Gasteiger partial charge is 0.150 e. The van der Waals surface area contributed by atoms with Crippen LogP contribution < -0.4 is 10.6 Å². The van der Waals surface area contributed by atoms with E-state index in [1.807, 2.05) is 25.3 Å². The van der Waals surface area contributed by atoms with Crippen LogP contribution in [0.15, 0.2) is 86.4 Å². The molecule has 1 aromatic carbocycles. The van der Waals surface area contributed by atoms with Gasteiger partial charge in [0, 0.05) is 48.5 Å². The third kappa shape index (κ3) is 8.34. The maximum absolute atomic E-state index is 10.9. The highest BCUT2D eigenvalue weighted by atomic mass is 16.1. The molecule has 0 atom stereocenters. The summed E-state index contributed by atoms with van der Waals surface area (Å²) in [5.41, 5.74) is 12.0. The number of allylic oxidation sites excluding steroid dienone is 5. The molecule has 1 saturated heterocycles. The second-order valence-corrected chi connectivity index (χ2v) is 10.1. The van der Waals surface area contributed by atoms with Gasteiger partial charge in [-0.2, -0.15) is 0 Å². The van der Waals surface area contributed by atoms with Gasteiger partial charge in [0.1, 0.15) is 12.1 Å². The number of aldehydes is 1. The molecule has 0 aliphatic carbocycles. The summed E-state index contributed by atoms with van der Waals surface area (Å²) >= 11 is 0. The van der Waals surface area contributed by atoms with Gasteiger partial charge in [0.25, 0.3) is 0 Å². The number of rotatable bonds is 9. The van der Waals surface area contributed by atoms with E-state index in [-0.39, 0.29) is 0 Å². The first kappa shape index (κ1) is 29.9. The number of piperidine rings is 1. The Morgan fingerprint density at radius 3 is 2.24 bits per heavy atom. The van der Waals surface area contributed by atoms with Crippen LogP contribution in [-0.4, -0.2) is 36.7 Å². The summed E-state index contributed by atoms with van der Waals surface area (Å²) in [7, 11) is 0. The summed E-state index contributed by atoms with van der Waals surface area (Å²) in [5.74, 6) is 0.818. The predicted octanol–water partition coefficient (Wildman–Crippen LogP) is 7.79. The molecule has 0 unspecified atom stereocenters. The molecule has 2 N–H and O–H groups in total. The van der Waals surface area contributed by atoms with Crippen molar-refractivity contribution in [2.24, 2.45) is 4.99 Å². The maximum Gasteiger partial charge on any atom is 0.150 e. The van der Waals surface area contributed by atoms with Crippen LogP contribution in [0.4, 0.5) is 5.69 Å². The molecule has 0 aromatic heterocycles. The van der Waals surface area contributed by atoms with Crippen molar-refractivity contribution in [3.63, 3.8) is 0 Å². The van der Waals surface area contributed by atoms with Crippen molar-refractivity contribution in [2.75, 3.05) is 25.0 Å². The molecule has 5 nitrogen and oxygen atoms in total. The van der Waals surface area contributed by atoms with Gasteiger partial charge in [0.2, 0.25) is 0 Å². The Kier molecular flexibility index (Phi) is 11.6. The molecule has 1 aliphatic rings. The molecule has 1 heterocycles. The number of carbonyl (C=O) groups excluding carboxylic acids is 1. The van der Waals surface area contributed by atoms with Crippen molar-refractivity contribution in [3.8, 4) is 0 Å². The molecule has 37 heavy (non-hydrogen) atoms. The van der Waals surface area contributed by atoms with E-state index >= 15 is 0 Å². The topological polar surface area (TPSA) is 56.7 Å². The molecule has 200 valence electrons. The molecule has 2 rings (SSSR count). The van der Waals surface area contributed by atoms with Crippen molar-refractivity contribution in [3.05, 3.63) is 86.9 Å². The van der Waals surface area contributed by atoms with Gasteiger partial charge < -0.3 is 15.5 Å². The van der Waals surface area contributed by atoms with Gasteiger partial charge in [-0.1, -0.05) is 24.1 Å². The molecule has 0 saturated carbocycles. The van der Waals surface area contributed by atoms with E-state index in [0.29, 0.717) is 5.56 Å². The Balaban J connectivity index is 2.29. The first-order chi connectivity index (χ1) is 17.6. The van der Waals surface area contributed by atoms with Crippen molar-refractivity contribution in [2.45, 2.75) is 75.2 Å². The molecule has 1 aromatic rings. The fraction of sp³-hybridized carbons (Fsp3) is 0.438. The van der Waals surface area contributed by atoms with Gasteiger partial charge >= 0.3 is 0 Å². The molecular formula is C32H46N4O. The quantitative estimate of drug-likeness (QED) is 0.157. The van der Waals surface area contributed by atoms with Crippen LogP contribution >= 0.6 is 0 Å². The number of hydrogen-bond acceptors (Lipinski definition) is 4. The summed E-state index contributed by atoms with van der Waals surface area (Å²) in [6.07, 6.45) is 7.15. The van der Waals surface area contributed by atoms with Crippen molar-refractivity contribution in [1.82, 2.24) is 10.2 Å². The Hall–Kier alpha value is -3.34. The minimum Gasteiger partial charge on any atom is -0.385 e. The summed E-state index contributed by atoms with van der Waals surface area (Å²) in [5, 5.41) is 7.01. The number of aliphatic imine (C=N–C) groups is 1. The standard InChI is InChI=1S/C32H46N4O/c1-10-17-33-32(24(7)22(3)4)25(8)31(11-2)36-18-16-28(30(20-36)23(5)6)19-34-26(9)35-29-14-12-27(21-37)13-15-29/h11-15,19,21,33H,10,16-18,20H2,1-9H3,(H,34,35)/b28-19-,31-11+,32-25+. The lowest BCUT2D eigenvalue weighted by atomic mass is 9.93. The molecule has 5 heteroatoms. The zero-order valence-electron chi connectivity index (χ0n) is 24.4. The summed E-state index contributed by atoms with van der Waals surface area (Å²) < 4.78 is 0. The fourth-order valence-electron chi connectivity index (χ4n) is 4.48. The molecule has 1 aliphatic heterocycles. The number of nitrogens with one attached hydrogen (secondary N) is 2. The van der Waals surface area contributed by atoms with E-state index in [9.17, 15) is 4.79 Å². The van der Waals surface area contributed by atoms with Crippen LogP contribution in [0.2, 0.25) is 0 Å². The number of benzene rings is 1. The lowest BCUT2D eigenvalue weighted by Gasteiger charge is -2.36. The van der Waals surface area contributed by atoms with Crippen LogP contribution in [-0.2, 0) is 0 Å². The fourth-order valence-corrected chi connectivity index (χ4v) is 4.48. The van der Waals surface area contributed by atoms with Gasteiger partial charge in [-0.15, -0.1) is 0 Å². The van der Waals surface area contributed by atoms with E-state index in [4.69, 9.17) is 4.99 Å². The normalized spacial score (nSPS) is 16.4. The molecule has 0 bridgehead atoms. The second-order valence-electron chi connectivity index (χ2n) is 10.1. The number of nitrogens with zero attached hydrogens (tertiary/aromatic N) is 2. The van der Waals surface area contributed by atoms with Crippen molar-refractivity contribution < 1.29 is 4.79 Å². The van der Waals surface area contributed by atoms with Crippen molar-refractivity contribution in [1.29, 1.82) is 0 Å². The Morgan fingerprint density at radius 1 is 1.03 bits per heavy atom. The Bertz CT molecular complexity index is 1140. The molecular weight excluding hydrogens is 456 g/mol. The number of anilines is 1. The number of amidine groups is 1. The minimum absolute atomic E-state index is 0.664. The highest BCUT2D eigenvalue weighted by molar-refractivity contribution is 5.94. The molecule has 1 fully saturated rings. The van der Waals surface area contributed by atoms with E-state index in [2.05, 4.69) is 77.0 Å². The zero-order chi connectivity index (χ0) is 27.5. The van der Waals surface area contributed by atoms with Gasteiger partial charge in [-0.05, 0) is 115 Å².